The number of aryl methyl sites for hydroxylation is 1. The number of nitrogens with one attached hydrogen (secondary N) is 2. The number of hydrogen-bond acceptors (Lipinski definition) is 6. The Bertz CT molecular complexity index is 1340. The second kappa shape index (κ2) is 13.1. The fourth-order valence-corrected chi connectivity index (χ4v) is 5.81. The summed E-state index contributed by atoms with van der Waals surface area (Å²) in [6, 6.07) is 15.1. The Morgan fingerprint density at radius 3 is 2.34 bits per heavy atom. The molecule has 1 unspecified atom stereocenters. The van der Waals surface area contributed by atoms with Gasteiger partial charge in [-0.25, -0.2) is 14.8 Å². The topological polar surface area (TPSA) is 107 Å². The van der Waals surface area contributed by atoms with E-state index in [1.165, 1.54) is 18.3 Å². The van der Waals surface area contributed by atoms with E-state index in [-0.39, 0.29) is 36.6 Å². The van der Waals surface area contributed by atoms with Crippen molar-refractivity contribution in [2.75, 3.05) is 23.3 Å². The van der Waals surface area contributed by atoms with Crippen LogP contribution in [-0.2, 0) is 16.0 Å². The van der Waals surface area contributed by atoms with Gasteiger partial charge in [-0.05, 0) is 49.3 Å². The summed E-state index contributed by atoms with van der Waals surface area (Å²) in [5.74, 6) is -2.02. The monoisotopic (exact) mass is 559 g/mol. The van der Waals surface area contributed by atoms with E-state index in [4.69, 9.17) is 0 Å². The zero-order valence-corrected chi connectivity index (χ0v) is 23.5. The number of nitrogens with zero attached hydrogens (tertiary/aromatic N) is 3. The fourth-order valence-electron chi connectivity index (χ4n) is 5.81. The Hall–Kier alpha value is -4.01. The number of anilines is 2. The number of benzene rings is 2. The summed E-state index contributed by atoms with van der Waals surface area (Å²) in [7, 11) is 0. The smallest absolute Gasteiger partial charge is 0.326 e. The number of rotatable bonds is 9. The Morgan fingerprint density at radius 2 is 1.66 bits per heavy atom. The molecule has 0 bridgehead atoms. The van der Waals surface area contributed by atoms with E-state index in [9.17, 15) is 14.7 Å². The molecule has 3 N–H and O–H groups in total. The quantitative estimate of drug-likeness (QED) is 0.324. The van der Waals surface area contributed by atoms with E-state index in [1.54, 1.807) is 4.90 Å². The lowest BCUT2D eigenvalue weighted by Gasteiger charge is -2.33. The van der Waals surface area contributed by atoms with Crippen molar-refractivity contribution >= 4 is 23.5 Å². The van der Waals surface area contributed by atoms with Crippen molar-refractivity contribution in [3.8, 4) is 11.1 Å². The number of carboxylic acid groups (broad SMARTS) is 1. The van der Waals surface area contributed by atoms with Crippen molar-refractivity contribution in [3.63, 3.8) is 0 Å². The fraction of sp³-hybridized carbons (Fsp3) is 0.438. The maximum Gasteiger partial charge on any atom is 0.326 e. The molecule has 0 spiro atoms. The third kappa shape index (κ3) is 7.20. The summed E-state index contributed by atoms with van der Waals surface area (Å²) in [6.07, 6.45) is 8.23. The molecule has 1 saturated heterocycles. The number of carbonyl (C=O) groups is 2. The summed E-state index contributed by atoms with van der Waals surface area (Å²) >= 11 is 0. The molecule has 1 amide bonds. The van der Waals surface area contributed by atoms with Gasteiger partial charge in [-0.1, -0.05) is 73.4 Å². The van der Waals surface area contributed by atoms with Crippen LogP contribution in [0.5, 0.6) is 0 Å². The van der Waals surface area contributed by atoms with E-state index < -0.39 is 23.7 Å². The van der Waals surface area contributed by atoms with Crippen molar-refractivity contribution in [3.05, 3.63) is 71.8 Å². The highest BCUT2D eigenvalue weighted by atomic mass is 19.1. The zero-order valence-electron chi connectivity index (χ0n) is 23.5. The minimum absolute atomic E-state index is 0.169. The Kier molecular flexibility index (Phi) is 9.11. The normalized spacial score (nSPS) is 18.5. The van der Waals surface area contributed by atoms with Crippen molar-refractivity contribution in [1.29, 1.82) is 0 Å². The largest absolute Gasteiger partial charge is 0.480 e. The number of halogens is 1. The molecule has 9 heteroatoms. The van der Waals surface area contributed by atoms with Gasteiger partial charge in [-0.2, -0.15) is 4.39 Å². The molecule has 41 heavy (non-hydrogen) atoms. The highest BCUT2D eigenvalue weighted by Gasteiger charge is 2.31. The van der Waals surface area contributed by atoms with Crippen LogP contribution in [0.15, 0.2) is 54.9 Å². The molecule has 216 valence electrons. The Labute approximate surface area is 240 Å². The molecule has 0 radical (unpaired) electrons. The number of piperidine rings is 1. The third-order valence-corrected chi connectivity index (χ3v) is 8.20. The average Bonchev–Trinajstić information content (AvgIpc) is 2.99. The molecule has 1 aliphatic heterocycles. The number of aromatic nitrogens is 2. The molecule has 2 atom stereocenters. The van der Waals surface area contributed by atoms with Gasteiger partial charge in [0, 0.05) is 25.6 Å². The Morgan fingerprint density at radius 1 is 0.976 bits per heavy atom. The summed E-state index contributed by atoms with van der Waals surface area (Å²) in [5, 5.41) is 15.9. The minimum Gasteiger partial charge on any atom is -0.480 e. The summed E-state index contributed by atoms with van der Waals surface area (Å²) in [5.41, 5.74) is 4.13. The van der Waals surface area contributed by atoms with E-state index in [0.29, 0.717) is 19.4 Å². The molecule has 2 aliphatic rings. The van der Waals surface area contributed by atoms with E-state index in [1.807, 2.05) is 31.2 Å². The minimum atomic E-state index is -1.09. The van der Waals surface area contributed by atoms with Gasteiger partial charge in [0.15, 0.2) is 11.6 Å². The van der Waals surface area contributed by atoms with Crippen molar-refractivity contribution in [2.24, 2.45) is 5.92 Å². The van der Waals surface area contributed by atoms with Crippen LogP contribution in [-0.4, -0.2) is 52.1 Å². The van der Waals surface area contributed by atoms with Crippen LogP contribution < -0.4 is 15.5 Å². The van der Waals surface area contributed by atoms with Crippen LogP contribution >= 0.6 is 0 Å². The maximum absolute atomic E-state index is 15.4. The zero-order chi connectivity index (χ0) is 28.8. The van der Waals surface area contributed by atoms with Gasteiger partial charge in [0.2, 0.25) is 11.7 Å². The molecule has 1 aromatic heterocycles. The molecular formula is C32H38FN5O3. The van der Waals surface area contributed by atoms with Gasteiger partial charge in [0.25, 0.3) is 0 Å². The molecule has 3 aromatic rings. The summed E-state index contributed by atoms with van der Waals surface area (Å²) in [6.45, 7) is 2.87. The van der Waals surface area contributed by atoms with Gasteiger partial charge in [-0.3, -0.25) is 4.79 Å². The molecule has 2 heterocycles. The lowest BCUT2D eigenvalue weighted by Crippen LogP contribution is -2.49. The first kappa shape index (κ1) is 28.5. The van der Waals surface area contributed by atoms with Gasteiger partial charge in [0.05, 0.1) is 5.92 Å². The second-order valence-corrected chi connectivity index (χ2v) is 11.3. The van der Waals surface area contributed by atoms with E-state index >= 15 is 4.39 Å². The van der Waals surface area contributed by atoms with Crippen LogP contribution in [0.3, 0.4) is 0 Å². The number of aliphatic carboxylic acids is 1. The summed E-state index contributed by atoms with van der Waals surface area (Å²) in [4.78, 5) is 35.4. The van der Waals surface area contributed by atoms with Gasteiger partial charge >= 0.3 is 5.97 Å². The van der Waals surface area contributed by atoms with Crippen LogP contribution in [0.2, 0.25) is 0 Å². The highest BCUT2D eigenvalue weighted by molar-refractivity contribution is 5.85. The van der Waals surface area contributed by atoms with E-state index in [2.05, 4.69) is 44.9 Å². The molecule has 2 fully saturated rings. The van der Waals surface area contributed by atoms with Crippen molar-refractivity contribution in [1.82, 2.24) is 15.3 Å². The lowest BCUT2D eigenvalue weighted by molar-refractivity contribution is -0.142. The van der Waals surface area contributed by atoms with Crippen LogP contribution in [0.1, 0.15) is 56.1 Å². The van der Waals surface area contributed by atoms with Crippen molar-refractivity contribution < 1.29 is 19.1 Å². The SMILES string of the molecule is Cc1ccc(-c2ccc(C[C@H](NC(=O)C3CCCN(c4ncnc(NC5CCCCC5)c4F)C3)C(=O)O)cc2)cc1. The standard InChI is InChI=1S/C32H38FN5O3/c1-21-9-13-23(14-10-21)24-15-11-22(12-16-24)18-27(32(40)41)37-31(39)25-6-5-17-38(19-25)30-28(33)29(34-20-35-30)36-26-7-3-2-4-8-26/h9-16,20,25-27H,2-8,17-19H2,1H3,(H,37,39)(H,40,41)(H,34,35,36)/t25?,27-/m0/s1. The molecule has 8 nitrogen and oxygen atoms in total. The predicted molar refractivity (Wildman–Crippen MR) is 157 cm³/mol. The van der Waals surface area contributed by atoms with Gasteiger partial charge in [0.1, 0.15) is 12.4 Å². The molecule has 2 aromatic carbocycles. The molecule has 5 rings (SSSR count). The highest BCUT2D eigenvalue weighted by Crippen LogP contribution is 2.29. The first-order valence-electron chi connectivity index (χ1n) is 14.6. The van der Waals surface area contributed by atoms with Gasteiger partial charge < -0.3 is 20.6 Å². The van der Waals surface area contributed by atoms with Crippen LogP contribution in [0, 0.1) is 18.7 Å². The van der Waals surface area contributed by atoms with Crippen molar-refractivity contribution in [2.45, 2.75) is 70.4 Å². The molecule has 1 saturated carbocycles. The Balaban J connectivity index is 1.21. The lowest BCUT2D eigenvalue weighted by atomic mass is 9.95. The number of carboxylic acids is 1. The van der Waals surface area contributed by atoms with Crippen LogP contribution in [0.25, 0.3) is 11.1 Å². The first-order chi connectivity index (χ1) is 19.9. The molecule has 1 aliphatic carbocycles. The maximum atomic E-state index is 15.4. The van der Waals surface area contributed by atoms with E-state index in [0.717, 1.165) is 42.4 Å². The van der Waals surface area contributed by atoms with Gasteiger partial charge in [-0.15, -0.1) is 0 Å². The molecular weight excluding hydrogens is 521 g/mol. The van der Waals surface area contributed by atoms with Crippen LogP contribution in [0.4, 0.5) is 16.0 Å². The number of carbonyl (C=O) groups excluding carboxylic acids is 1. The first-order valence-corrected chi connectivity index (χ1v) is 14.6. The second-order valence-electron chi connectivity index (χ2n) is 11.3. The number of hydrogen-bond donors (Lipinski definition) is 3. The number of amides is 1. The average molecular weight is 560 g/mol. The summed E-state index contributed by atoms with van der Waals surface area (Å²) < 4.78 is 15.4. The third-order valence-electron chi connectivity index (χ3n) is 8.20. The predicted octanol–water partition coefficient (Wildman–Crippen LogP) is 5.36.